The van der Waals surface area contributed by atoms with Crippen LogP contribution in [0.5, 0.6) is 40.2 Å². The van der Waals surface area contributed by atoms with Gasteiger partial charge in [0.05, 0.1) is 30.3 Å². The number of fused-ring (bicyclic) bond motifs is 2. The summed E-state index contributed by atoms with van der Waals surface area (Å²) in [6.45, 7) is 1.44. The van der Waals surface area contributed by atoms with Crippen molar-refractivity contribution < 1.29 is 56.7 Å². The second-order valence-electron chi connectivity index (χ2n) is 19.8. The third-order valence-corrected chi connectivity index (χ3v) is 14.1. The molecule has 0 aliphatic carbocycles. The Bertz CT molecular complexity index is 4230. The summed E-state index contributed by atoms with van der Waals surface area (Å²) in [6, 6.07) is 66.6. The van der Waals surface area contributed by atoms with E-state index in [-0.39, 0.29) is 24.6 Å². The molecule has 2 aromatic heterocycles. The van der Waals surface area contributed by atoms with Crippen molar-refractivity contribution in [2.45, 2.75) is 33.5 Å². The van der Waals surface area contributed by atoms with E-state index < -0.39 is 41.0 Å². The van der Waals surface area contributed by atoms with Crippen LogP contribution in [0.1, 0.15) is 29.7 Å². The fourth-order valence-corrected chi connectivity index (χ4v) is 9.11. The number of rotatable bonds is 18. The van der Waals surface area contributed by atoms with Gasteiger partial charge in [0.2, 0.25) is 0 Å². The molecule has 93 heavy (non-hydrogen) atoms. The minimum absolute atomic E-state index is 0. The molecule has 20 heteroatoms. The van der Waals surface area contributed by atoms with E-state index in [9.17, 15) is 23.6 Å². The van der Waals surface area contributed by atoms with Gasteiger partial charge in [0.1, 0.15) is 19.0 Å². The summed E-state index contributed by atoms with van der Waals surface area (Å²) in [6.07, 6.45) is 4.41. The number of carbonyl (C=O) groups is 4. The van der Waals surface area contributed by atoms with Crippen LogP contribution in [0.2, 0.25) is 5.02 Å². The second-order valence-corrected chi connectivity index (χ2v) is 21.1. The first-order valence-electron chi connectivity index (χ1n) is 28.6. The Balaban J connectivity index is 0.000000201. The van der Waals surface area contributed by atoms with E-state index in [0.29, 0.717) is 83.8 Å². The van der Waals surface area contributed by atoms with E-state index in [1.807, 2.05) is 164 Å². The van der Waals surface area contributed by atoms with Crippen molar-refractivity contribution in [3.8, 4) is 40.2 Å². The van der Waals surface area contributed by atoms with Crippen molar-refractivity contribution >= 4 is 84.3 Å². The summed E-state index contributed by atoms with van der Waals surface area (Å²) in [4.78, 5) is 56.5. The molecule has 0 aliphatic rings. The van der Waals surface area contributed by atoms with Crippen molar-refractivity contribution in [2.24, 2.45) is 0 Å². The van der Waals surface area contributed by atoms with Gasteiger partial charge in [0.25, 0.3) is 0 Å². The van der Waals surface area contributed by atoms with Gasteiger partial charge >= 0.3 is 23.6 Å². The van der Waals surface area contributed by atoms with Crippen LogP contribution < -0.4 is 45.0 Å². The summed E-state index contributed by atoms with van der Waals surface area (Å²) < 4.78 is 57.9. The number of nitrogens with zero attached hydrogens (tertiary/aromatic N) is 2. The number of anilines is 2. The molecule has 0 radical (unpaired) electrons. The molecule has 16 nitrogen and oxygen atoms in total. The van der Waals surface area contributed by atoms with Gasteiger partial charge in [-0.2, -0.15) is 0 Å². The monoisotopic (exact) mass is 1340 g/mol. The number of carbonyl (C=O) groups excluding carboxylic acids is 4. The molecule has 0 aliphatic heterocycles. The van der Waals surface area contributed by atoms with E-state index in [0.717, 1.165) is 55.8 Å². The van der Waals surface area contributed by atoms with Gasteiger partial charge in [-0.25, -0.2) is 8.78 Å². The first-order chi connectivity index (χ1) is 44.7. The van der Waals surface area contributed by atoms with Crippen molar-refractivity contribution in [3.63, 3.8) is 0 Å². The van der Waals surface area contributed by atoms with Gasteiger partial charge < -0.3 is 50.1 Å². The minimum atomic E-state index is -0.895. The molecule has 0 fully saturated rings. The number of nitrogens with one attached hydrogen (secondary N) is 4. The fourth-order valence-electron chi connectivity index (χ4n) is 8.60. The predicted molar refractivity (Wildman–Crippen MR) is 362 cm³/mol. The van der Waals surface area contributed by atoms with Crippen LogP contribution in [0.3, 0.4) is 0 Å². The normalized spacial score (nSPS) is 10.2. The first kappa shape index (κ1) is 69.6. The van der Waals surface area contributed by atoms with Crippen LogP contribution in [0, 0.1) is 11.6 Å². The summed E-state index contributed by atoms with van der Waals surface area (Å²) in [7, 11) is 3.14. The van der Waals surface area contributed by atoms with E-state index in [1.165, 1.54) is 25.3 Å². The predicted octanol–water partition coefficient (Wildman–Crippen LogP) is 15.4. The Morgan fingerprint density at radius 2 is 0.882 bits per heavy atom. The Morgan fingerprint density at radius 3 is 1.32 bits per heavy atom. The van der Waals surface area contributed by atoms with Gasteiger partial charge in [-0.1, -0.05) is 174 Å². The fraction of sp³-hybridized carbons (Fsp3) is 0.123. The van der Waals surface area contributed by atoms with E-state index >= 15 is 4.39 Å². The quantitative estimate of drug-likeness (QED) is 0.0402. The van der Waals surface area contributed by atoms with Crippen molar-refractivity contribution in [3.05, 3.63) is 280 Å². The number of phenolic OH excluding ortho intramolecular Hbond substituents is 1. The molecule has 2 heterocycles. The lowest BCUT2D eigenvalue weighted by Gasteiger charge is -2.14. The summed E-state index contributed by atoms with van der Waals surface area (Å²) in [5.41, 5.74) is 5.74. The average Bonchev–Trinajstić information content (AvgIpc) is 0.881. The van der Waals surface area contributed by atoms with Gasteiger partial charge in [-0.15, -0.1) is 0 Å². The SMILES string of the molecule is Brc1ccccc1.C.COc1cc2c(Cl)ccnc2cc1OCc1ccccc1.COc1cc2c(Oc3ccc(NC(=O)C(=O)NCCc4ccccc4)cc3F)ccnc2cc1OCc1ccccc1.O=C(NCCc1ccccc1)C(=O)Nc1ccc(O)c(F)c1. The lowest BCUT2D eigenvalue weighted by Crippen LogP contribution is -2.36. The zero-order valence-corrected chi connectivity index (χ0v) is 52.1. The minimum Gasteiger partial charge on any atom is -0.505 e. The average molecular weight is 1340 g/mol. The highest BCUT2D eigenvalue weighted by molar-refractivity contribution is 9.10. The number of aromatic hydroxyl groups is 1. The molecule has 9 aromatic carbocycles. The lowest BCUT2D eigenvalue weighted by molar-refractivity contribution is -0.136. The Kier molecular flexibility index (Phi) is 27.0. The van der Waals surface area contributed by atoms with Crippen LogP contribution in [0.25, 0.3) is 21.8 Å². The number of benzene rings is 9. The summed E-state index contributed by atoms with van der Waals surface area (Å²) >= 11 is 9.49. The van der Waals surface area contributed by atoms with Crippen molar-refractivity contribution in [1.29, 1.82) is 0 Å². The number of hydrogen-bond donors (Lipinski definition) is 5. The van der Waals surface area contributed by atoms with Gasteiger partial charge in [0, 0.05) is 76.4 Å². The number of aromatic nitrogens is 2. The molecular formula is C73H66BrClF2N6O10. The highest BCUT2D eigenvalue weighted by Gasteiger charge is 2.18. The molecule has 5 N–H and O–H groups in total. The number of ether oxygens (including phenoxy) is 5. The smallest absolute Gasteiger partial charge is 0.313 e. The maximum Gasteiger partial charge on any atom is 0.313 e. The number of pyridine rings is 2. The summed E-state index contributed by atoms with van der Waals surface area (Å²) in [5, 5.41) is 20.8. The lowest BCUT2D eigenvalue weighted by atomic mass is 10.1. The van der Waals surface area contributed by atoms with Crippen molar-refractivity contribution in [2.75, 3.05) is 37.9 Å². The number of halogens is 4. The Morgan fingerprint density at radius 1 is 0.462 bits per heavy atom. The second kappa shape index (κ2) is 36.1. The number of phenols is 1. The molecule has 4 amide bonds. The highest BCUT2D eigenvalue weighted by atomic mass is 79.9. The maximum atomic E-state index is 15.0. The van der Waals surface area contributed by atoms with E-state index in [2.05, 4.69) is 47.2 Å². The molecule has 0 bridgehead atoms. The molecule has 0 saturated carbocycles. The zero-order valence-electron chi connectivity index (χ0n) is 49.8. The van der Waals surface area contributed by atoms with Crippen LogP contribution in [-0.2, 0) is 45.2 Å². The van der Waals surface area contributed by atoms with Gasteiger partial charge in [-0.05, 0) is 95.8 Å². The third-order valence-electron chi connectivity index (χ3n) is 13.3. The third kappa shape index (κ3) is 21.7. The summed E-state index contributed by atoms with van der Waals surface area (Å²) in [5.74, 6) is -2.96. The van der Waals surface area contributed by atoms with E-state index in [4.69, 9.17) is 40.4 Å². The van der Waals surface area contributed by atoms with Gasteiger partial charge in [-0.3, -0.25) is 29.1 Å². The standard InChI is InChI=1S/C33H28FN3O5.C17H14ClNO2.C16H15FN2O3.C6H5Br.CH4/c1-40-30-19-25-27(20-31(30)41-21-23-10-6-3-7-11-23)35-17-15-28(25)42-29-13-12-24(18-26(29)34)37-33(39)32(38)36-16-14-22-8-4-2-5-9-22;1-20-16-9-13-14(18)7-8-19-15(13)10-17(16)21-11-12-5-3-2-4-6-12;17-13-10-12(6-7-14(13)20)19-16(22)15(21)18-9-8-11-4-2-1-3-5-11;7-6-4-2-1-3-5-6;/h2-13,15,17-20H,14,16,21H2,1H3,(H,36,38)(H,37,39);2-10H,11H2,1H3;1-7,10,20H,8-9H2,(H,18,21)(H,19,22);1-5H;1H4. The molecule has 0 spiro atoms. The molecule has 0 unspecified atom stereocenters. The topological polar surface area (TPSA) is 209 Å². The molecule has 476 valence electrons. The maximum absolute atomic E-state index is 15.0. The molecular weight excluding hydrogens is 1270 g/mol. The molecule has 11 aromatic rings. The van der Waals surface area contributed by atoms with Crippen LogP contribution in [-0.4, -0.2) is 66.0 Å². The Hall–Kier alpha value is -10.9. The highest BCUT2D eigenvalue weighted by Crippen LogP contribution is 2.39. The van der Waals surface area contributed by atoms with Crippen LogP contribution >= 0.6 is 27.5 Å². The Labute approximate surface area is 550 Å². The van der Waals surface area contributed by atoms with E-state index in [1.54, 1.807) is 43.8 Å². The van der Waals surface area contributed by atoms with Crippen LogP contribution in [0.15, 0.2) is 241 Å². The molecule has 0 atom stereocenters. The largest absolute Gasteiger partial charge is 0.505 e. The zero-order chi connectivity index (χ0) is 65.0. The first-order valence-corrected chi connectivity index (χ1v) is 29.8. The number of amides is 4. The number of methoxy groups -OCH3 is 2. The number of hydrogen-bond acceptors (Lipinski definition) is 12. The molecule has 11 rings (SSSR count). The van der Waals surface area contributed by atoms with Gasteiger partial charge in [0.15, 0.2) is 46.1 Å². The van der Waals surface area contributed by atoms with Crippen molar-refractivity contribution in [1.82, 2.24) is 20.6 Å². The molecule has 0 saturated heterocycles. The van der Waals surface area contributed by atoms with Crippen LogP contribution in [0.4, 0.5) is 20.2 Å².